The summed E-state index contributed by atoms with van der Waals surface area (Å²) in [6.07, 6.45) is -3.93. The van der Waals surface area contributed by atoms with Gasteiger partial charge in [-0.05, 0) is 26.7 Å². The van der Waals surface area contributed by atoms with Gasteiger partial charge in [-0.15, -0.1) is 0 Å². The molecule has 4 heterocycles. The fourth-order valence-electron chi connectivity index (χ4n) is 4.50. The van der Waals surface area contributed by atoms with Gasteiger partial charge in [0.2, 0.25) is 11.8 Å². The van der Waals surface area contributed by atoms with E-state index < -0.39 is 42.1 Å². The molecule has 1 aromatic rings. The number of hydrogen-bond acceptors (Lipinski definition) is 7. The van der Waals surface area contributed by atoms with E-state index in [4.69, 9.17) is 9.47 Å². The maximum Gasteiger partial charge on any atom is 0.413 e. The highest BCUT2D eigenvalue weighted by molar-refractivity contribution is 5.86. The van der Waals surface area contributed by atoms with Crippen LogP contribution in [-0.4, -0.2) is 72.6 Å². The standard InChI is InChI=1S/C20H26F4N4O4/c1-12-10-32-8-5-26(12)16-15(21)17(30)27-11-19(2,20(22,23)24)28(18(27)25-16)9-14(29)13-3-6-31-7-4-13/h12-13H,3-11H2,1-2H3. The normalized spacial score (nSPS) is 27.0. The van der Waals surface area contributed by atoms with E-state index in [0.29, 0.717) is 30.6 Å². The van der Waals surface area contributed by atoms with Crippen LogP contribution < -0.4 is 15.4 Å². The number of anilines is 2. The van der Waals surface area contributed by atoms with Crippen LogP contribution in [-0.2, 0) is 20.8 Å². The van der Waals surface area contributed by atoms with Crippen LogP contribution in [0.2, 0.25) is 0 Å². The molecule has 1 aromatic heterocycles. The average Bonchev–Trinajstić information content (AvgIpc) is 3.05. The van der Waals surface area contributed by atoms with E-state index in [0.717, 1.165) is 11.8 Å². The van der Waals surface area contributed by atoms with E-state index in [2.05, 4.69) is 4.98 Å². The molecule has 0 bridgehead atoms. The number of fused-ring (bicyclic) bond motifs is 1. The maximum absolute atomic E-state index is 15.0. The van der Waals surface area contributed by atoms with Gasteiger partial charge in [0, 0.05) is 25.7 Å². The van der Waals surface area contributed by atoms with Gasteiger partial charge >= 0.3 is 6.18 Å². The van der Waals surface area contributed by atoms with Crippen molar-refractivity contribution < 1.29 is 31.8 Å². The van der Waals surface area contributed by atoms with Crippen LogP contribution in [0.4, 0.5) is 29.3 Å². The van der Waals surface area contributed by atoms with E-state index in [1.54, 1.807) is 6.92 Å². The first-order chi connectivity index (χ1) is 15.0. The lowest BCUT2D eigenvalue weighted by Gasteiger charge is -2.37. The van der Waals surface area contributed by atoms with Crippen LogP contribution in [0.5, 0.6) is 0 Å². The van der Waals surface area contributed by atoms with Crippen molar-refractivity contribution in [3.8, 4) is 0 Å². The minimum Gasteiger partial charge on any atom is -0.381 e. The van der Waals surface area contributed by atoms with E-state index in [1.807, 2.05) is 0 Å². The summed E-state index contributed by atoms with van der Waals surface area (Å²) in [5.41, 5.74) is -3.76. The van der Waals surface area contributed by atoms with Crippen molar-refractivity contribution in [3.05, 3.63) is 16.2 Å². The molecule has 32 heavy (non-hydrogen) atoms. The highest BCUT2D eigenvalue weighted by Crippen LogP contribution is 2.43. The Morgan fingerprint density at radius 2 is 1.91 bits per heavy atom. The molecule has 2 fully saturated rings. The SMILES string of the molecule is CC1COCCN1c1nc2n(c(=O)c1F)CC(C)(C(F)(F)F)N2CC(=O)C1CCOCC1. The first-order valence-corrected chi connectivity index (χ1v) is 10.6. The molecule has 12 heteroatoms. The predicted octanol–water partition coefficient (Wildman–Crippen LogP) is 1.74. The van der Waals surface area contributed by atoms with E-state index in [9.17, 15) is 27.2 Å². The Labute approximate surface area is 182 Å². The highest BCUT2D eigenvalue weighted by Gasteiger charge is 2.60. The molecule has 2 saturated heterocycles. The molecule has 0 saturated carbocycles. The molecule has 2 unspecified atom stereocenters. The number of morpholine rings is 1. The molecule has 2 atom stereocenters. The number of hydrogen-bond donors (Lipinski definition) is 0. The number of Topliss-reactive ketones (excluding diaryl/α,β-unsaturated/α-hetero) is 1. The van der Waals surface area contributed by atoms with Gasteiger partial charge in [-0.1, -0.05) is 0 Å². The number of carbonyl (C=O) groups is 1. The molecule has 8 nitrogen and oxygen atoms in total. The van der Waals surface area contributed by atoms with Gasteiger partial charge in [0.1, 0.15) is 0 Å². The van der Waals surface area contributed by atoms with Crippen LogP contribution in [0.1, 0.15) is 26.7 Å². The molecule has 0 spiro atoms. The number of aromatic nitrogens is 2. The third-order valence-electron chi connectivity index (χ3n) is 6.62. The zero-order chi connectivity index (χ0) is 23.3. The van der Waals surface area contributed by atoms with Gasteiger partial charge in [0.15, 0.2) is 17.1 Å². The van der Waals surface area contributed by atoms with Crippen molar-refractivity contribution in [1.82, 2.24) is 9.55 Å². The minimum atomic E-state index is -4.79. The highest BCUT2D eigenvalue weighted by atomic mass is 19.4. The van der Waals surface area contributed by atoms with Crippen molar-refractivity contribution in [1.29, 1.82) is 0 Å². The quantitative estimate of drug-likeness (QED) is 0.631. The second kappa shape index (κ2) is 8.29. The summed E-state index contributed by atoms with van der Waals surface area (Å²) in [7, 11) is 0. The molecular weight excluding hydrogens is 436 g/mol. The molecule has 0 N–H and O–H groups in total. The van der Waals surface area contributed by atoms with Gasteiger partial charge in [-0.3, -0.25) is 14.2 Å². The Morgan fingerprint density at radius 1 is 1.22 bits per heavy atom. The van der Waals surface area contributed by atoms with Gasteiger partial charge in [-0.2, -0.15) is 22.5 Å². The Bertz CT molecular complexity index is 947. The van der Waals surface area contributed by atoms with Crippen molar-refractivity contribution in [2.24, 2.45) is 5.92 Å². The number of ether oxygens (including phenoxy) is 2. The van der Waals surface area contributed by atoms with Gasteiger partial charge in [0.05, 0.1) is 32.3 Å². The van der Waals surface area contributed by atoms with Crippen LogP contribution in [0, 0.1) is 11.7 Å². The molecular formula is C20H26F4N4O4. The number of ketones is 1. The number of alkyl halides is 3. The van der Waals surface area contributed by atoms with Gasteiger partial charge in [-0.25, -0.2) is 0 Å². The average molecular weight is 462 g/mol. The lowest BCUT2D eigenvalue weighted by atomic mass is 9.93. The van der Waals surface area contributed by atoms with Crippen molar-refractivity contribution in [3.63, 3.8) is 0 Å². The Balaban J connectivity index is 1.77. The molecule has 3 aliphatic heterocycles. The zero-order valence-corrected chi connectivity index (χ0v) is 18.0. The van der Waals surface area contributed by atoms with Crippen LogP contribution in [0.15, 0.2) is 4.79 Å². The Hall–Kier alpha value is -2.21. The summed E-state index contributed by atoms with van der Waals surface area (Å²) in [4.78, 5) is 32.2. The summed E-state index contributed by atoms with van der Waals surface area (Å²) in [5.74, 6) is -2.67. The Morgan fingerprint density at radius 3 is 2.53 bits per heavy atom. The van der Waals surface area contributed by atoms with Gasteiger partial charge < -0.3 is 19.3 Å². The monoisotopic (exact) mass is 462 g/mol. The molecule has 178 valence electrons. The number of carbonyl (C=O) groups excluding carboxylic acids is 1. The summed E-state index contributed by atoms with van der Waals surface area (Å²) in [6, 6.07) is -0.319. The minimum absolute atomic E-state index is 0.242. The van der Waals surface area contributed by atoms with Crippen molar-refractivity contribution >= 4 is 17.5 Å². The lowest BCUT2D eigenvalue weighted by Crippen LogP contribution is -2.57. The van der Waals surface area contributed by atoms with Crippen LogP contribution in [0.25, 0.3) is 0 Å². The summed E-state index contributed by atoms with van der Waals surface area (Å²) in [6.45, 7) is 2.76. The second-order valence-corrected chi connectivity index (χ2v) is 8.77. The number of nitrogens with zero attached hydrogens (tertiary/aromatic N) is 4. The maximum atomic E-state index is 15.0. The fraction of sp³-hybridized carbons (Fsp3) is 0.750. The number of rotatable bonds is 4. The lowest BCUT2D eigenvalue weighted by molar-refractivity contribution is -0.182. The summed E-state index contributed by atoms with van der Waals surface area (Å²) >= 11 is 0. The summed E-state index contributed by atoms with van der Waals surface area (Å²) in [5, 5.41) is 0. The molecule has 3 aliphatic rings. The molecule has 0 aromatic carbocycles. The predicted molar refractivity (Wildman–Crippen MR) is 106 cm³/mol. The first-order valence-electron chi connectivity index (χ1n) is 10.6. The molecule has 0 amide bonds. The second-order valence-electron chi connectivity index (χ2n) is 8.77. The van der Waals surface area contributed by atoms with E-state index in [-0.39, 0.29) is 43.3 Å². The van der Waals surface area contributed by atoms with Crippen LogP contribution >= 0.6 is 0 Å². The molecule has 4 rings (SSSR count). The van der Waals surface area contributed by atoms with E-state index in [1.165, 1.54) is 4.90 Å². The molecule has 0 radical (unpaired) electrons. The number of halogens is 4. The van der Waals surface area contributed by atoms with Gasteiger partial charge in [0.25, 0.3) is 5.56 Å². The topological polar surface area (TPSA) is 76.9 Å². The third-order valence-corrected chi connectivity index (χ3v) is 6.62. The zero-order valence-electron chi connectivity index (χ0n) is 18.0. The van der Waals surface area contributed by atoms with E-state index >= 15 is 0 Å². The summed E-state index contributed by atoms with van der Waals surface area (Å²) < 4.78 is 68.7. The van der Waals surface area contributed by atoms with Crippen LogP contribution in [0.3, 0.4) is 0 Å². The fourth-order valence-corrected chi connectivity index (χ4v) is 4.50. The van der Waals surface area contributed by atoms with Crippen molar-refractivity contribution in [2.45, 2.75) is 51.0 Å². The molecule has 0 aliphatic carbocycles. The third kappa shape index (κ3) is 3.76. The first kappa shape index (κ1) is 23.0. The largest absolute Gasteiger partial charge is 0.413 e. The Kier molecular flexibility index (Phi) is 5.95. The van der Waals surface area contributed by atoms with Crippen molar-refractivity contribution in [2.75, 3.05) is 49.3 Å². The smallest absolute Gasteiger partial charge is 0.381 e.